The number of amides is 3. The molecule has 4 unspecified atom stereocenters. The lowest BCUT2D eigenvalue weighted by molar-refractivity contribution is -0.140. The number of rotatable bonds is 67. The molecule has 126 heavy (non-hydrogen) atoms. The lowest BCUT2D eigenvalue weighted by Crippen LogP contribution is -2.33. The maximum atomic E-state index is 12.9. The highest BCUT2D eigenvalue weighted by molar-refractivity contribution is 6.06. The second kappa shape index (κ2) is 50.4. The van der Waals surface area contributed by atoms with Gasteiger partial charge in [0.05, 0.1) is 334 Å². The van der Waals surface area contributed by atoms with Gasteiger partial charge in [0, 0.05) is 13.0 Å². The molecule has 690 valence electrons. The van der Waals surface area contributed by atoms with Gasteiger partial charge in [0.2, 0.25) is 17.7 Å². The molecule has 1 aliphatic heterocycles. The van der Waals surface area contributed by atoms with Crippen LogP contribution in [0.4, 0.5) is 0 Å². The minimum Gasteiger partial charge on any atom is -0.394 e. The van der Waals surface area contributed by atoms with E-state index in [0.29, 0.717) is 123 Å². The molecular formula is C74H111N29O23. The number of fused-ring (bicyclic) bond motifs is 5. The van der Waals surface area contributed by atoms with E-state index < -0.39 is 48.8 Å². The van der Waals surface area contributed by atoms with Crippen molar-refractivity contribution >= 4 is 17.7 Å². The van der Waals surface area contributed by atoms with Crippen molar-refractivity contribution in [1.29, 1.82) is 0 Å². The van der Waals surface area contributed by atoms with Crippen molar-refractivity contribution in [1.82, 2.24) is 145 Å². The standard InChI is InChI=1S/C74H111N29O23/c104-9-11-117-13-15-118-14-12-116-10-8-94-19-54(77-85-94)35-119-44-63(106)28-96-21-56(79-87-96)37-121-46-65(108)30-98-23-58(81-89-98)39-123-48-67(110)32-100-25-60(83-91-100)41-125-50-69(112)34-102-26-61(84-93-102)42-126-49-68(111)33-101-24-59(82-92-101)40-124-47-66(109)31-99-22-57(80-90-99)38-122-45-64(107)29-97-20-55(78-88-97)36-120-43-62(105)27-95-18-53(76-86-95)17-75-70(113)4-2-1-3-7-103-73(114)71-51-5-6-52(16-51)72(71)74(103)115/h5-6,18-26,51-52,62-69,71-72,104-112H,1-4,7-17,27-50H2,(H,75,113)/t51?,52?,62-,63-,64-,65-,66-,67-,68-,69-,71?,72?/m1/s1. The van der Waals surface area contributed by atoms with Gasteiger partial charge in [-0.2, -0.15) is 0 Å². The molecular weight excluding hydrogens is 1660 g/mol. The number of nitrogens with one attached hydrogen (secondary N) is 1. The predicted octanol–water partition coefficient (Wildman–Crippen LogP) is -6.34. The molecule has 1 saturated heterocycles. The van der Waals surface area contributed by atoms with E-state index in [9.17, 15) is 55.2 Å². The molecule has 3 amide bonds. The number of aliphatic hydroxyl groups excluding tert-OH is 9. The Kier molecular flexibility index (Phi) is 38.0. The fourth-order valence-electron chi connectivity index (χ4n) is 14.0. The summed E-state index contributed by atoms with van der Waals surface area (Å²) in [4.78, 5) is 39.7. The smallest absolute Gasteiger partial charge is 0.233 e. The van der Waals surface area contributed by atoms with E-state index in [1.807, 2.05) is 0 Å². The molecule has 9 aromatic heterocycles. The zero-order valence-electron chi connectivity index (χ0n) is 69.6. The molecule has 52 nitrogen and oxygen atoms in total. The van der Waals surface area contributed by atoms with Crippen LogP contribution in [0.3, 0.4) is 0 Å². The summed E-state index contributed by atoms with van der Waals surface area (Å²) in [6.07, 6.45) is 14.4. The second-order valence-corrected chi connectivity index (χ2v) is 30.8. The Morgan fingerprint density at radius 1 is 0.325 bits per heavy atom. The van der Waals surface area contributed by atoms with Crippen molar-refractivity contribution in [3.8, 4) is 0 Å². The van der Waals surface area contributed by atoms with Gasteiger partial charge >= 0.3 is 0 Å². The number of aliphatic hydroxyl groups is 9. The number of unbranched alkanes of at least 4 members (excludes halogenated alkanes) is 2. The highest BCUT2D eigenvalue weighted by atomic mass is 16.6. The lowest BCUT2D eigenvalue weighted by atomic mass is 9.85. The molecule has 2 fully saturated rings. The quantitative estimate of drug-likeness (QED) is 0.00963. The Balaban J connectivity index is 0.422. The van der Waals surface area contributed by atoms with Crippen molar-refractivity contribution in [2.45, 2.75) is 199 Å². The van der Waals surface area contributed by atoms with Crippen LogP contribution in [0.25, 0.3) is 0 Å². The van der Waals surface area contributed by atoms with E-state index in [4.69, 9.17) is 57.2 Å². The van der Waals surface area contributed by atoms with Crippen LogP contribution in [0.5, 0.6) is 0 Å². The Hall–Kier alpha value is -10.2. The number of carbonyl (C=O) groups is 3. The van der Waals surface area contributed by atoms with Crippen LogP contribution >= 0.6 is 0 Å². The molecule has 10 heterocycles. The fourth-order valence-corrected chi connectivity index (χ4v) is 14.0. The second-order valence-electron chi connectivity index (χ2n) is 30.8. The Morgan fingerprint density at radius 2 is 0.579 bits per heavy atom. The summed E-state index contributed by atoms with van der Waals surface area (Å²) in [7, 11) is 0. The summed E-state index contributed by atoms with van der Waals surface area (Å²) in [6, 6.07) is 0. The van der Waals surface area contributed by atoms with Crippen LogP contribution in [-0.4, -0.2) is 358 Å². The Bertz CT molecular complexity index is 4650. The maximum Gasteiger partial charge on any atom is 0.233 e. The summed E-state index contributed by atoms with van der Waals surface area (Å²) < 4.78 is 74.5. The van der Waals surface area contributed by atoms with Gasteiger partial charge in [-0.1, -0.05) is 65.5 Å². The highest BCUT2D eigenvalue weighted by Crippen LogP contribution is 2.52. The average molecular weight is 1770 g/mol. The van der Waals surface area contributed by atoms with Gasteiger partial charge in [-0.05, 0) is 31.1 Å². The van der Waals surface area contributed by atoms with Gasteiger partial charge in [0.15, 0.2) is 0 Å². The Labute approximate surface area is 720 Å². The normalized spacial score (nSPS) is 17.6. The number of hydrogen-bond donors (Lipinski definition) is 10. The van der Waals surface area contributed by atoms with E-state index in [1.165, 1.54) is 42.4 Å². The molecule has 2 bridgehead atoms. The third kappa shape index (κ3) is 32.0. The molecule has 0 aromatic carbocycles. The first kappa shape index (κ1) is 94.9. The third-order valence-corrected chi connectivity index (χ3v) is 19.7. The van der Waals surface area contributed by atoms with Crippen molar-refractivity contribution in [2.24, 2.45) is 23.7 Å². The van der Waals surface area contributed by atoms with E-state index in [0.717, 1.165) is 6.42 Å². The molecule has 9 aromatic rings. The van der Waals surface area contributed by atoms with Crippen LogP contribution < -0.4 is 5.32 Å². The first-order chi connectivity index (χ1) is 61.3. The molecule has 52 heteroatoms. The summed E-state index contributed by atoms with van der Waals surface area (Å²) >= 11 is 0. The first-order valence-electron chi connectivity index (χ1n) is 41.6. The number of hydrogen-bond acceptors (Lipinski definition) is 41. The molecule has 0 radical (unpaired) electrons. The van der Waals surface area contributed by atoms with Gasteiger partial charge in [0.1, 0.15) is 51.2 Å². The lowest BCUT2D eigenvalue weighted by Gasteiger charge is -2.16. The van der Waals surface area contributed by atoms with Crippen molar-refractivity contribution in [3.63, 3.8) is 0 Å². The van der Waals surface area contributed by atoms with Crippen LogP contribution in [0, 0.1) is 23.7 Å². The summed E-state index contributed by atoms with van der Waals surface area (Å²) in [6.45, 7) is 4.09. The van der Waals surface area contributed by atoms with Crippen LogP contribution in [0.15, 0.2) is 67.9 Å². The van der Waals surface area contributed by atoms with E-state index in [-0.39, 0.29) is 219 Å². The van der Waals surface area contributed by atoms with Crippen LogP contribution in [0.1, 0.15) is 83.3 Å². The van der Waals surface area contributed by atoms with Gasteiger partial charge < -0.3 is 103 Å². The largest absolute Gasteiger partial charge is 0.394 e. The first-order valence-corrected chi connectivity index (χ1v) is 41.6. The predicted molar refractivity (Wildman–Crippen MR) is 420 cm³/mol. The monoisotopic (exact) mass is 1770 g/mol. The van der Waals surface area contributed by atoms with Crippen molar-refractivity contribution < 1.29 is 112 Å². The van der Waals surface area contributed by atoms with Gasteiger partial charge in [0.25, 0.3) is 0 Å². The molecule has 12 rings (SSSR count). The summed E-state index contributed by atoms with van der Waals surface area (Å²) in [5, 5.41) is 170. The zero-order chi connectivity index (χ0) is 88.2. The van der Waals surface area contributed by atoms with Gasteiger partial charge in [-0.25, -0.2) is 42.1 Å². The van der Waals surface area contributed by atoms with Gasteiger partial charge in [-0.3, -0.25) is 19.3 Å². The number of likely N-dealkylation sites (tertiary alicyclic amines) is 1. The molecule has 12 atom stereocenters. The van der Waals surface area contributed by atoms with E-state index in [2.05, 4.69) is 110 Å². The molecule has 2 aliphatic carbocycles. The van der Waals surface area contributed by atoms with Crippen molar-refractivity contribution in [3.05, 3.63) is 119 Å². The highest BCUT2D eigenvalue weighted by Gasteiger charge is 2.59. The summed E-state index contributed by atoms with van der Waals surface area (Å²) in [5.74, 6) is -0.254. The van der Waals surface area contributed by atoms with Crippen molar-refractivity contribution in [2.75, 3.05) is 106 Å². The fraction of sp³-hybridized carbons (Fsp3) is 0.689. The van der Waals surface area contributed by atoms with E-state index >= 15 is 0 Å². The summed E-state index contributed by atoms with van der Waals surface area (Å²) in [5.41, 5.74) is 4.40. The zero-order valence-corrected chi connectivity index (χ0v) is 69.6. The number of carbonyl (C=O) groups excluding carboxylic acids is 3. The van der Waals surface area contributed by atoms with Crippen LogP contribution in [0.2, 0.25) is 0 Å². The minimum atomic E-state index is -0.957. The SMILES string of the molecule is O=C(CCCCCN1C(=O)C2C3C=CC(C3)C2C1=O)NCc1cn(C[C@@H](O)COCc2cn(C[C@@H](O)COCc3cn(C[C@@H](O)COCc4cn(C[C@@H](O)COCc5cn(C[C@@H](O)COCc6cn(C[C@@H](O)COCc7cn(C[C@@H](O)COCc8cn(C[C@@H](O)COCc9cn(CCOCCOCCOCCO)nn9)nn8)nn7)nn6)nn5)nn4)nn3)nn2)nn1. The number of aromatic nitrogens is 27. The number of nitrogens with zero attached hydrogens (tertiary/aromatic N) is 28. The molecule has 10 N–H and O–H groups in total. The van der Waals surface area contributed by atoms with Gasteiger partial charge in [-0.15, -0.1) is 45.9 Å². The average Bonchev–Trinajstić information content (AvgIpc) is 1.57. The van der Waals surface area contributed by atoms with E-state index in [1.54, 1.807) is 60.5 Å². The number of ether oxygens (including phenoxy) is 11. The van der Waals surface area contributed by atoms with Crippen LogP contribution in [-0.2, 0) is 185 Å². The minimum absolute atomic E-state index is 0.0180. The number of imide groups is 1. The number of allylic oxidation sites excluding steroid dienone is 2. The topological polar surface area (TPSA) is 626 Å². The maximum absolute atomic E-state index is 12.9. The third-order valence-electron chi connectivity index (χ3n) is 19.7. The molecule has 3 aliphatic rings. The molecule has 1 saturated carbocycles. The Morgan fingerprint density at radius 3 is 0.873 bits per heavy atom. The molecule has 0 spiro atoms.